The molecule has 0 amide bonds. The van der Waals surface area contributed by atoms with Crippen LogP contribution in [0.3, 0.4) is 0 Å². The van der Waals surface area contributed by atoms with Crippen LogP contribution in [-0.4, -0.2) is 15.3 Å². The Bertz CT molecular complexity index is 549. The van der Waals surface area contributed by atoms with Gasteiger partial charge in [0.25, 0.3) is 0 Å². The van der Waals surface area contributed by atoms with E-state index in [0.717, 1.165) is 18.2 Å². The summed E-state index contributed by atoms with van der Waals surface area (Å²) in [6, 6.07) is 2.75. The molecule has 1 aromatic carbocycles. The molecule has 3 nitrogen and oxygen atoms in total. The summed E-state index contributed by atoms with van der Waals surface area (Å²) in [7, 11) is 1.61. The zero-order valence-corrected chi connectivity index (χ0v) is 8.45. The summed E-state index contributed by atoms with van der Waals surface area (Å²) < 4.78 is 27.7. The first-order valence-corrected chi connectivity index (χ1v) is 4.56. The Morgan fingerprint density at radius 3 is 2.75 bits per heavy atom. The topological polar surface area (TPSA) is 34.9 Å². The number of nitrogens with zero attached hydrogens (tertiary/aromatic N) is 2. The van der Waals surface area contributed by atoms with Crippen LogP contribution in [0.25, 0.3) is 0 Å². The molecule has 2 aromatic rings. The first kappa shape index (κ1) is 10.5. The molecule has 0 aliphatic heterocycles. The number of aryl methyl sites for hydroxylation is 1. The lowest BCUT2D eigenvalue weighted by atomic mass is 10.1. The molecule has 2 rings (SSSR count). The number of rotatable bonds is 2. The summed E-state index contributed by atoms with van der Waals surface area (Å²) in [5, 5.41) is 0. The van der Waals surface area contributed by atoms with E-state index >= 15 is 0 Å². The van der Waals surface area contributed by atoms with Crippen LogP contribution >= 0.6 is 0 Å². The monoisotopic (exact) mass is 222 g/mol. The molecule has 0 unspecified atom stereocenters. The smallest absolute Gasteiger partial charge is 0.231 e. The fourth-order valence-corrected chi connectivity index (χ4v) is 1.38. The zero-order valence-electron chi connectivity index (χ0n) is 8.45. The number of carbonyl (C=O) groups is 1. The van der Waals surface area contributed by atoms with Gasteiger partial charge < -0.3 is 4.57 Å². The third-order valence-electron chi connectivity index (χ3n) is 2.20. The highest BCUT2D eigenvalue weighted by Crippen LogP contribution is 2.13. The van der Waals surface area contributed by atoms with Crippen LogP contribution in [0, 0.1) is 11.6 Å². The van der Waals surface area contributed by atoms with E-state index in [4.69, 9.17) is 0 Å². The van der Waals surface area contributed by atoms with Gasteiger partial charge in [0.1, 0.15) is 11.6 Å². The van der Waals surface area contributed by atoms with Crippen LogP contribution in [0.2, 0.25) is 0 Å². The molecule has 16 heavy (non-hydrogen) atoms. The summed E-state index contributed by atoms with van der Waals surface area (Å²) >= 11 is 0. The largest absolute Gasteiger partial charge is 0.331 e. The molecule has 0 fully saturated rings. The van der Waals surface area contributed by atoms with E-state index in [1.807, 2.05) is 0 Å². The van der Waals surface area contributed by atoms with Gasteiger partial charge in [0, 0.05) is 19.4 Å². The number of halogens is 2. The zero-order chi connectivity index (χ0) is 11.7. The van der Waals surface area contributed by atoms with Crippen LogP contribution in [0.15, 0.2) is 30.6 Å². The average Bonchev–Trinajstić information content (AvgIpc) is 2.67. The number of carbonyl (C=O) groups excluding carboxylic acids is 1. The minimum atomic E-state index is -0.755. The Balaban J connectivity index is 2.49. The number of aromatic nitrogens is 2. The number of hydrogen-bond donors (Lipinski definition) is 0. The second-order valence-corrected chi connectivity index (χ2v) is 3.32. The van der Waals surface area contributed by atoms with Crippen molar-refractivity contribution in [2.24, 2.45) is 7.05 Å². The van der Waals surface area contributed by atoms with E-state index in [2.05, 4.69) is 4.98 Å². The van der Waals surface area contributed by atoms with Crippen molar-refractivity contribution >= 4 is 5.78 Å². The maximum atomic E-state index is 13.3. The van der Waals surface area contributed by atoms with Crippen LogP contribution in [0.1, 0.15) is 16.2 Å². The molecule has 0 radical (unpaired) electrons. The Hall–Kier alpha value is -2.04. The van der Waals surface area contributed by atoms with E-state index < -0.39 is 17.4 Å². The fraction of sp³-hybridized carbons (Fsp3) is 0.0909. The molecule has 5 heteroatoms. The van der Waals surface area contributed by atoms with Gasteiger partial charge in [-0.05, 0) is 18.2 Å². The van der Waals surface area contributed by atoms with Crippen molar-refractivity contribution in [1.82, 2.24) is 9.55 Å². The van der Waals surface area contributed by atoms with E-state index in [0.29, 0.717) is 0 Å². The standard InChI is InChI=1S/C11H8F2N2O/c1-15-5-4-14-11(15)10(16)8-6-7(12)2-3-9(8)13/h2-6H,1H3. The van der Waals surface area contributed by atoms with Crippen molar-refractivity contribution in [2.45, 2.75) is 0 Å². The van der Waals surface area contributed by atoms with Crippen LogP contribution in [0.4, 0.5) is 8.78 Å². The second-order valence-electron chi connectivity index (χ2n) is 3.32. The normalized spacial score (nSPS) is 10.4. The SMILES string of the molecule is Cn1ccnc1C(=O)c1cc(F)ccc1F. The summed E-state index contributed by atoms with van der Waals surface area (Å²) in [6.07, 6.45) is 2.98. The molecule has 82 valence electrons. The first-order valence-electron chi connectivity index (χ1n) is 4.56. The minimum absolute atomic E-state index is 0.0736. The van der Waals surface area contributed by atoms with E-state index in [9.17, 15) is 13.6 Å². The van der Waals surface area contributed by atoms with Gasteiger partial charge in [-0.3, -0.25) is 4.79 Å². The molecule has 0 bridgehead atoms. The quantitative estimate of drug-likeness (QED) is 0.728. The second kappa shape index (κ2) is 3.84. The highest BCUT2D eigenvalue weighted by molar-refractivity contribution is 6.06. The van der Waals surface area contributed by atoms with Crippen LogP contribution in [0.5, 0.6) is 0 Å². The van der Waals surface area contributed by atoms with Crippen molar-refractivity contribution < 1.29 is 13.6 Å². The summed E-state index contributed by atoms with van der Waals surface area (Å²) in [6.45, 7) is 0. The Morgan fingerprint density at radius 2 is 2.12 bits per heavy atom. The van der Waals surface area contributed by atoms with Gasteiger partial charge in [-0.15, -0.1) is 0 Å². The number of ketones is 1. The lowest BCUT2D eigenvalue weighted by molar-refractivity contribution is 0.102. The average molecular weight is 222 g/mol. The van der Waals surface area contributed by atoms with Crippen molar-refractivity contribution in [3.8, 4) is 0 Å². The van der Waals surface area contributed by atoms with Gasteiger partial charge in [-0.25, -0.2) is 13.8 Å². The molecule has 0 atom stereocenters. The molecule has 0 spiro atoms. The number of imidazole rings is 1. The van der Waals surface area contributed by atoms with Gasteiger partial charge in [-0.1, -0.05) is 0 Å². The molecular formula is C11H8F2N2O. The molecule has 1 heterocycles. The molecular weight excluding hydrogens is 214 g/mol. The van der Waals surface area contributed by atoms with Gasteiger partial charge in [-0.2, -0.15) is 0 Å². The van der Waals surface area contributed by atoms with Gasteiger partial charge >= 0.3 is 0 Å². The molecule has 0 aliphatic rings. The number of hydrogen-bond acceptors (Lipinski definition) is 2. The van der Waals surface area contributed by atoms with Crippen molar-refractivity contribution in [3.05, 3.63) is 53.6 Å². The molecule has 0 N–H and O–H groups in total. The summed E-state index contributed by atoms with van der Waals surface area (Å²) in [5.41, 5.74) is -0.311. The highest BCUT2D eigenvalue weighted by Gasteiger charge is 2.18. The predicted octanol–water partition coefficient (Wildman–Crippen LogP) is 1.93. The Labute approximate surface area is 90.3 Å². The molecule has 0 aliphatic carbocycles. The summed E-state index contributed by atoms with van der Waals surface area (Å²) in [4.78, 5) is 15.6. The van der Waals surface area contributed by atoms with Gasteiger partial charge in [0.05, 0.1) is 5.56 Å². The predicted molar refractivity (Wildman–Crippen MR) is 53.0 cm³/mol. The Kier molecular flexibility index (Phi) is 2.52. The maximum Gasteiger partial charge on any atom is 0.231 e. The van der Waals surface area contributed by atoms with Crippen molar-refractivity contribution in [1.29, 1.82) is 0 Å². The van der Waals surface area contributed by atoms with E-state index in [-0.39, 0.29) is 11.4 Å². The Morgan fingerprint density at radius 1 is 1.38 bits per heavy atom. The van der Waals surface area contributed by atoms with Crippen molar-refractivity contribution in [2.75, 3.05) is 0 Å². The minimum Gasteiger partial charge on any atom is -0.331 e. The van der Waals surface area contributed by atoms with E-state index in [1.54, 1.807) is 13.2 Å². The van der Waals surface area contributed by atoms with E-state index in [1.165, 1.54) is 10.8 Å². The fourth-order valence-electron chi connectivity index (χ4n) is 1.38. The van der Waals surface area contributed by atoms with Crippen LogP contribution in [-0.2, 0) is 7.05 Å². The van der Waals surface area contributed by atoms with Gasteiger partial charge in [0.15, 0.2) is 5.82 Å². The molecule has 0 saturated carbocycles. The van der Waals surface area contributed by atoms with Crippen molar-refractivity contribution in [3.63, 3.8) is 0 Å². The summed E-state index contributed by atoms with van der Waals surface area (Å²) in [5.74, 6) is -1.97. The highest BCUT2D eigenvalue weighted by atomic mass is 19.1. The third kappa shape index (κ3) is 1.71. The van der Waals surface area contributed by atoms with Gasteiger partial charge in [0.2, 0.25) is 5.78 Å². The molecule has 0 saturated heterocycles. The lowest BCUT2D eigenvalue weighted by Crippen LogP contribution is -2.10. The van der Waals surface area contributed by atoms with Crippen LogP contribution < -0.4 is 0 Å². The third-order valence-corrected chi connectivity index (χ3v) is 2.20. The molecule has 1 aromatic heterocycles. The lowest BCUT2D eigenvalue weighted by Gasteiger charge is -2.02. The number of benzene rings is 1. The first-order chi connectivity index (χ1) is 7.59. The maximum absolute atomic E-state index is 13.3.